The SMILES string of the molecule is COc1ccc(CN2C3CC2CN(c2cnc(-c4cc(C(C)(C)OC(N)=O)cn5ncc(C#N)c45)cn2)C3)cn1. The summed E-state index contributed by atoms with van der Waals surface area (Å²) in [6.07, 6.45) is 8.86. The van der Waals surface area contributed by atoms with Crippen LogP contribution < -0.4 is 15.4 Å². The van der Waals surface area contributed by atoms with E-state index in [-0.39, 0.29) is 0 Å². The summed E-state index contributed by atoms with van der Waals surface area (Å²) in [7, 11) is 1.62. The lowest BCUT2D eigenvalue weighted by Crippen LogP contribution is -2.68. The first-order valence-corrected chi connectivity index (χ1v) is 13.0. The van der Waals surface area contributed by atoms with Crippen molar-refractivity contribution in [2.24, 2.45) is 5.73 Å². The molecular formula is C28H29N9O3. The van der Waals surface area contributed by atoms with Crippen LogP contribution in [0.3, 0.4) is 0 Å². The van der Waals surface area contributed by atoms with Crippen molar-refractivity contribution >= 4 is 17.4 Å². The maximum atomic E-state index is 11.5. The first kappa shape index (κ1) is 25.5. The molecule has 12 heteroatoms. The van der Waals surface area contributed by atoms with Gasteiger partial charge in [-0.05, 0) is 31.9 Å². The second kappa shape index (κ2) is 9.77. The second-order valence-corrected chi connectivity index (χ2v) is 10.6. The lowest BCUT2D eigenvalue weighted by Gasteiger charge is -2.56. The van der Waals surface area contributed by atoms with Gasteiger partial charge in [0.2, 0.25) is 5.88 Å². The van der Waals surface area contributed by atoms with Crippen molar-refractivity contribution in [1.82, 2.24) is 29.5 Å². The number of amides is 1. The number of anilines is 1. The largest absolute Gasteiger partial charge is 0.481 e. The van der Waals surface area contributed by atoms with Gasteiger partial charge in [0.05, 0.1) is 42.5 Å². The highest BCUT2D eigenvalue weighted by atomic mass is 16.6. The summed E-state index contributed by atoms with van der Waals surface area (Å²) in [4.78, 5) is 30.1. The molecule has 204 valence electrons. The van der Waals surface area contributed by atoms with Gasteiger partial charge in [-0.25, -0.2) is 19.3 Å². The molecule has 2 atom stereocenters. The molecule has 7 heterocycles. The number of carbonyl (C=O) groups is 1. The molecule has 2 bridgehead atoms. The van der Waals surface area contributed by atoms with Crippen LogP contribution in [-0.4, -0.2) is 67.8 Å². The van der Waals surface area contributed by atoms with Gasteiger partial charge < -0.3 is 20.1 Å². The number of primary amides is 1. The molecule has 0 spiro atoms. The molecule has 7 rings (SSSR count). The number of nitrogens with zero attached hydrogens (tertiary/aromatic N) is 8. The Morgan fingerprint density at radius 3 is 2.58 bits per heavy atom. The summed E-state index contributed by atoms with van der Waals surface area (Å²) in [5.74, 6) is 1.43. The molecule has 3 aliphatic rings. The van der Waals surface area contributed by atoms with Crippen LogP contribution in [0.4, 0.5) is 10.6 Å². The van der Waals surface area contributed by atoms with Gasteiger partial charge in [0.25, 0.3) is 0 Å². The molecule has 4 aromatic rings. The Balaban J connectivity index is 1.23. The van der Waals surface area contributed by atoms with E-state index in [2.05, 4.69) is 32.0 Å². The molecule has 0 aromatic carbocycles. The van der Waals surface area contributed by atoms with E-state index in [0.717, 1.165) is 31.9 Å². The van der Waals surface area contributed by atoms with Crippen LogP contribution in [0.25, 0.3) is 16.8 Å². The number of fused-ring (bicyclic) bond motifs is 3. The average Bonchev–Trinajstić information content (AvgIpc) is 3.38. The van der Waals surface area contributed by atoms with Gasteiger partial charge in [0.1, 0.15) is 17.5 Å². The van der Waals surface area contributed by atoms with Crippen molar-refractivity contribution < 1.29 is 14.3 Å². The first-order chi connectivity index (χ1) is 19.3. The van der Waals surface area contributed by atoms with Gasteiger partial charge in [-0.2, -0.15) is 10.4 Å². The zero-order valence-corrected chi connectivity index (χ0v) is 22.5. The Bertz CT molecular complexity index is 1600. The lowest BCUT2D eigenvalue weighted by molar-refractivity contribution is -0.00879. The molecule has 3 saturated heterocycles. The van der Waals surface area contributed by atoms with E-state index in [9.17, 15) is 10.1 Å². The number of piperidine rings is 1. The standard InChI is InChI=1S/C28H29N9O3/c1-28(2,40-27(30)38)19-6-22(26-18(8-29)10-34-37(26)14-19)23-11-32-24(12-31-23)35-15-20-7-21(16-35)36(20)13-17-4-5-25(39-3)33-9-17/h4-6,9-12,14,20-21H,7,13,15-16H2,1-3H3,(H2,30,38). The molecule has 0 saturated carbocycles. The predicted octanol–water partition coefficient (Wildman–Crippen LogP) is 2.86. The molecule has 4 aromatic heterocycles. The van der Waals surface area contributed by atoms with Crippen molar-refractivity contribution in [2.45, 2.75) is 44.5 Å². The number of aromatic nitrogens is 5. The fraction of sp³-hybridized carbons (Fsp3) is 0.357. The summed E-state index contributed by atoms with van der Waals surface area (Å²) >= 11 is 0. The van der Waals surface area contributed by atoms with E-state index >= 15 is 0 Å². The number of hydrogen-bond acceptors (Lipinski definition) is 10. The summed E-state index contributed by atoms with van der Waals surface area (Å²) in [5, 5.41) is 14.0. The topological polar surface area (TPSA) is 148 Å². The zero-order valence-electron chi connectivity index (χ0n) is 22.5. The lowest BCUT2D eigenvalue weighted by atomic mass is 9.87. The number of rotatable bonds is 7. The van der Waals surface area contributed by atoms with Crippen LogP contribution in [0.2, 0.25) is 0 Å². The summed E-state index contributed by atoms with van der Waals surface area (Å²) in [5.41, 5.74) is 8.34. The molecule has 2 N–H and O–H groups in total. The fourth-order valence-corrected chi connectivity index (χ4v) is 5.63. The predicted molar refractivity (Wildman–Crippen MR) is 145 cm³/mol. The van der Waals surface area contributed by atoms with Gasteiger partial charge in [-0.1, -0.05) is 6.07 Å². The van der Waals surface area contributed by atoms with Gasteiger partial charge >= 0.3 is 6.09 Å². The molecule has 0 radical (unpaired) electrons. The van der Waals surface area contributed by atoms with Gasteiger partial charge in [0.15, 0.2) is 0 Å². The molecule has 3 aliphatic heterocycles. The number of pyridine rings is 2. The number of piperazine rings is 1. The minimum absolute atomic E-state index is 0.407. The zero-order chi connectivity index (χ0) is 28.0. The van der Waals surface area contributed by atoms with Gasteiger partial charge in [-0.3, -0.25) is 9.88 Å². The number of hydrogen-bond donors (Lipinski definition) is 1. The summed E-state index contributed by atoms with van der Waals surface area (Å²) in [6.45, 7) is 6.07. The first-order valence-electron chi connectivity index (χ1n) is 13.0. The third-order valence-electron chi connectivity index (χ3n) is 7.74. The van der Waals surface area contributed by atoms with Crippen LogP contribution in [0.5, 0.6) is 5.88 Å². The van der Waals surface area contributed by atoms with E-state index < -0.39 is 11.7 Å². The van der Waals surface area contributed by atoms with Crippen molar-refractivity contribution in [3.05, 3.63) is 65.9 Å². The van der Waals surface area contributed by atoms with Crippen LogP contribution in [0.1, 0.15) is 37.0 Å². The minimum atomic E-state index is -1.02. The van der Waals surface area contributed by atoms with Gasteiger partial charge in [-0.15, -0.1) is 0 Å². The Kier molecular flexibility index (Phi) is 6.23. The second-order valence-electron chi connectivity index (χ2n) is 10.6. The normalized spacial score (nSPS) is 18.7. The van der Waals surface area contributed by atoms with E-state index in [0.29, 0.717) is 45.9 Å². The highest BCUT2D eigenvalue weighted by molar-refractivity contribution is 5.83. The van der Waals surface area contributed by atoms with Crippen LogP contribution >= 0.6 is 0 Å². The van der Waals surface area contributed by atoms with E-state index in [4.69, 9.17) is 25.2 Å². The van der Waals surface area contributed by atoms with Crippen molar-refractivity contribution in [2.75, 3.05) is 25.1 Å². The number of ether oxygens (including phenoxy) is 2. The van der Waals surface area contributed by atoms with E-state index in [1.807, 2.05) is 18.3 Å². The van der Waals surface area contributed by atoms with E-state index in [1.54, 1.807) is 44.1 Å². The van der Waals surface area contributed by atoms with Gasteiger partial charge in [0, 0.05) is 61.3 Å². The fourth-order valence-electron chi connectivity index (χ4n) is 5.63. The molecule has 1 amide bonds. The smallest absolute Gasteiger partial charge is 0.405 e. The average molecular weight is 540 g/mol. The Morgan fingerprint density at radius 2 is 1.95 bits per heavy atom. The molecule has 3 fully saturated rings. The number of carbonyl (C=O) groups excluding carboxylic acids is 1. The van der Waals surface area contributed by atoms with E-state index in [1.165, 1.54) is 11.8 Å². The maximum Gasteiger partial charge on any atom is 0.405 e. The number of nitrogens with two attached hydrogens (primary N) is 1. The van der Waals surface area contributed by atoms with Crippen molar-refractivity contribution in [3.63, 3.8) is 0 Å². The molecule has 2 unspecified atom stereocenters. The van der Waals surface area contributed by atoms with Crippen LogP contribution in [0, 0.1) is 11.3 Å². The van der Waals surface area contributed by atoms with Crippen LogP contribution in [-0.2, 0) is 16.9 Å². The number of nitriles is 1. The molecule has 12 nitrogen and oxygen atoms in total. The maximum absolute atomic E-state index is 11.5. The molecule has 0 aliphatic carbocycles. The highest BCUT2D eigenvalue weighted by Crippen LogP contribution is 2.36. The van der Waals surface area contributed by atoms with Crippen LogP contribution in [0.15, 0.2) is 49.2 Å². The third kappa shape index (κ3) is 4.54. The Morgan fingerprint density at radius 1 is 1.15 bits per heavy atom. The minimum Gasteiger partial charge on any atom is -0.481 e. The molecular weight excluding hydrogens is 510 g/mol. The highest BCUT2D eigenvalue weighted by Gasteiger charge is 2.44. The quantitative estimate of drug-likeness (QED) is 0.372. The monoisotopic (exact) mass is 539 g/mol. The number of methoxy groups -OCH3 is 1. The summed E-state index contributed by atoms with van der Waals surface area (Å²) < 4.78 is 12.1. The summed E-state index contributed by atoms with van der Waals surface area (Å²) in [6, 6.07) is 8.87. The Hall–Kier alpha value is -4.76. The van der Waals surface area contributed by atoms with Crippen molar-refractivity contribution in [3.8, 4) is 23.2 Å². The molecule has 40 heavy (non-hydrogen) atoms. The third-order valence-corrected chi connectivity index (χ3v) is 7.74. The van der Waals surface area contributed by atoms with Crippen molar-refractivity contribution in [1.29, 1.82) is 5.26 Å². The Labute approximate surface area is 231 Å².